The van der Waals surface area contributed by atoms with Crippen molar-refractivity contribution in [3.05, 3.63) is 40.3 Å². The van der Waals surface area contributed by atoms with Crippen molar-refractivity contribution in [2.45, 2.75) is 19.9 Å². The molecule has 3 rings (SSSR count). The average Bonchev–Trinajstić information content (AvgIpc) is 3.03. The number of hydrogen-bond donors (Lipinski definition) is 1. The molecule has 2 heterocycles. The first-order valence-electron chi connectivity index (χ1n) is 9.08. The summed E-state index contributed by atoms with van der Waals surface area (Å²) in [6.45, 7) is 3.50. The quantitative estimate of drug-likeness (QED) is 0.665. The number of hydrogen-bond acceptors (Lipinski definition) is 7. The molecule has 0 spiro atoms. The molecule has 1 aromatic carbocycles. The molecule has 1 aromatic heterocycles. The highest BCUT2D eigenvalue weighted by molar-refractivity contribution is 7.17. The monoisotopic (exact) mass is 440 g/mol. The van der Waals surface area contributed by atoms with Crippen molar-refractivity contribution in [1.29, 1.82) is 0 Å². The lowest BCUT2D eigenvalue weighted by Gasteiger charge is -2.22. The first kappa shape index (κ1) is 23.0. The summed E-state index contributed by atoms with van der Waals surface area (Å²) in [5, 5.41) is 3.35. The molecule has 0 saturated heterocycles. The SMILES string of the molecule is CCOC(=O)c1c(NC(=O)COc2cccc(OC)c2)sc2c1CCN(C)C2.Cl. The minimum absolute atomic E-state index is 0. The van der Waals surface area contributed by atoms with Crippen molar-refractivity contribution in [2.75, 3.05) is 39.2 Å². The van der Waals surface area contributed by atoms with Crippen LogP contribution in [0.2, 0.25) is 0 Å². The van der Waals surface area contributed by atoms with Crippen LogP contribution in [0.25, 0.3) is 0 Å². The van der Waals surface area contributed by atoms with Gasteiger partial charge < -0.3 is 24.4 Å². The number of likely N-dealkylation sites (N-methyl/N-ethyl adjacent to an activating group) is 1. The number of halogens is 1. The fraction of sp³-hybridized carbons (Fsp3) is 0.400. The van der Waals surface area contributed by atoms with Gasteiger partial charge in [-0.3, -0.25) is 4.79 Å². The van der Waals surface area contributed by atoms with Gasteiger partial charge >= 0.3 is 5.97 Å². The van der Waals surface area contributed by atoms with Crippen molar-refractivity contribution in [3.63, 3.8) is 0 Å². The molecule has 0 atom stereocenters. The number of fused-ring (bicyclic) bond motifs is 1. The Morgan fingerprint density at radius 2 is 2.03 bits per heavy atom. The van der Waals surface area contributed by atoms with Crippen LogP contribution in [-0.2, 0) is 22.5 Å². The van der Waals surface area contributed by atoms with Gasteiger partial charge in [-0.05, 0) is 38.1 Å². The molecule has 0 aliphatic carbocycles. The lowest BCUT2D eigenvalue weighted by atomic mass is 10.0. The maximum absolute atomic E-state index is 12.5. The molecule has 158 valence electrons. The Morgan fingerprint density at radius 3 is 2.76 bits per heavy atom. The third-order valence-corrected chi connectivity index (χ3v) is 5.52. The summed E-state index contributed by atoms with van der Waals surface area (Å²) in [4.78, 5) is 28.2. The van der Waals surface area contributed by atoms with Gasteiger partial charge in [0.1, 0.15) is 16.5 Å². The van der Waals surface area contributed by atoms with Crippen LogP contribution in [-0.4, -0.2) is 50.7 Å². The van der Waals surface area contributed by atoms with Gasteiger partial charge in [-0.2, -0.15) is 0 Å². The number of esters is 1. The number of carbonyl (C=O) groups excluding carboxylic acids is 2. The summed E-state index contributed by atoms with van der Waals surface area (Å²) >= 11 is 1.43. The minimum atomic E-state index is -0.395. The summed E-state index contributed by atoms with van der Waals surface area (Å²) in [6, 6.07) is 7.04. The predicted molar refractivity (Wildman–Crippen MR) is 115 cm³/mol. The van der Waals surface area contributed by atoms with E-state index >= 15 is 0 Å². The van der Waals surface area contributed by atoms with Gasteiger partial charge in [-0.15, -0.1) is 23.7 Å². The standard InChI is InChI=1S/C20H24N2O5S.ClH/c1-4-26-20(24)18-15-8-9-22(2)11-16(15)28-19(18)21-17(23)12-27-14-7-5-6-13(10-14)25-3;/h5-7,10H,4,8-9,11-12H2,1-3H3,(H,21,23);1H. The van der Waals surface area contributed by atoms with E-state index in [-0.39, 0.29) is 31.5 Å². The zero-order valence-corrected chi connectivity index (χ0v) is 18.3. The van der Waals surface area contributed by atoms with Crippen LogP contribution >= 0.6 is 23.7 Å². The zero-order chi connectivity index (χ0) is 20.1. The fourth-order valence-corrected chi connectivity index (χ4v) is 4.37. The number of rotatable bonds is 7. The van der Waals surface area contributed by atoms with E-state index in [1.165, 1.54) is 11.3 Å². The first-order chi connectivity index (χ1) is 13.5. The summed E-state index contributed by atoms with van der Waals surface area (Å²) in [5.41, 5.74) is 1.45. The Balaban J connectivity index is 0.00000300. The Labute approximate surface area is 180 Å². The molecule has 2 aromatic rings. The number of nitrogens with one attached hydrogen (secondary N) is 1. The van der Waals surface area contributed by atoms with Crippen molar-refractivity contribution in [2.24, 2.45) is 0 Å². The van der Waals surface area contributed by atoms with E-state index in [1.54, 1.807) is 38.3 Å². The third kappa shape index (κ3) is 5.62. The van der Waals surface area contributed by atoms with Crippen molar-refractivity contribution < 1.29 is 23.8 Å². The predicted octanol–water partition coefficient (Wildman–Crippen LogP) is 3.36. The Hall–Kier alpha value is -2.29. The number of methoxy groups -OCH3 is 1. The van der Waals surface area contributed by atoms with Gasteiger partial charge in [0, 0.05) is 24.0 Å². The van der Waals surface area contributed by atoms with Gasteiger partial charge in [-0.25, -0.2) is 4.79 Å². The van der Waals surface area contributed by atoms with Crippen molar-refractivity contribution in [1.82, 2.24) is 4.90 Å². The van der Waals surface area contributed by atoms with E-state index in [0.717, 1.165) is 30.0 Å². The number of nitrogens with zero attached hydrogens (tertiary/aromatic N) is 1. The van der Waals surface area contributed by atoms with E-state index in [9.17, 15) is 9.59 Å². The van der Waals surface area contributed by atoms with Gasteiger partial charge in [0.15, 0.2) is 6.61 Å². The molecule has 1 amide bonds. The van der Waals surface area contributed by atoms with E-state index in [2.05, 4.69) is 10.2 Å². The second-order valence-electron chi connectivity index (χ2n) is 6.43. The molecule has 0 radical (unpaired) electrons. The van der Waals surface area contributed by atoms with Crippen LogP contribution in [0, 0.1) is 0 Å². The number of carbonyl (C=O) groups is 2. The van der Waals surface area contributed by atoms with E-state index in [4.69, 9.17) is 14.2 Å². The highest BCUT2D eigenvalue weighted by Gasteiger charge is 2.28. The van der Waals surface area contributed by atoms with Crippen LogP contribution in [0.5, 0.6) is 11.5 Å². The maximum Gasteiger partial charge on any atom is 0.341 e. The Bertz CT molecular complexity index is 871. The van der Waals surface area contributed by atoms with Gasteiger partial charge in [-0.1, -0.05) is 6.07 Å². The molecule has 0 saturated carbocycles. The Morgan fingerprint density at radius 1 is 1.28 bits per heavy atom. The second kappa shape index (κ2) is 10.5. The first-order valence-corrected chi connectivity index (χ1v) is 9.90. The van der Waals surface area contributed by atoms with Gasteiger partial charge in [0.25, 0.3) is 5.91 Å². The van der Waals surface area contributed by atoms with Gasteiger partial charge in [0.2, 0.25) is 0 Å². The van der Waals surface area contributed by atoms with Crippen LogP contribution in [0.3, 0.4) is 0 Å². The molecule has 0 fully saturated rings. The lowest BCUT2D eigenvalue weighted by molar-refractivity contribution is -0.118. The van der Waals surface area contributed by atoms with Crippen molar-refractivity contribution in [3.8, 4) is 11.5 Å². The number of benzene rings is 1. The Kier molecular flexibility index (Phi) is 8.31. The molecule has 7 nitrogen and oxygen atoms in total. The van der Waals surface area contributed by atoms with Crippen molar-refractivity contribution >= 4 is 40.6 Å². The summed E-state index contributed by atoms with van der Waals surface area (Å²) < 4.78 is 15.9. The van der Waals surface area contributed by atoms with Crippen LogP contribution < -0.4 is 14.8 Å². The molecule has 9 heteroatoms. The largest absolute Gasteiger partial charge is 0.497 e. The van der Waals surface area contributed by atoms with Crippen LogP contribution in [0.4, 0.5) is 5.00 Å². The van der Waals surface area contributed by atoms with E-state index < -0.39 is 5.97 Å². The number of amides is 1. The lowest BCUT2D eigenvalue weighted by Crippen LogP contribution is -2.26. The smallest absolute Gasteiger partial charge is 0.341 e. The minimum Gasteiger partial charge on any atom is -0.497 e. The van der Waals surface area contributed by atoms with E-state index in [0.29, 0.717) is 22.1 Å². The number of anilines is 1. The third-order valence-electron chi connectivity index (χ3n) is 4.39. The number of ether oxygens (including phenoxy) is 3. The molecule has 1 N–H and O–H groups in total. The van der Waals surface area contributed by atoms with Crippen LogP contribution in [0.1, 0.15) is 27.7 Å². The zero-order valence-electron chi connectivity index (χ0n) is 16.6. The molecule has 0 bridgehead atoms. The maximum atomic E-state index is 12.5. The molecule has 1 aliphatic heterocycles. The topological polar surface area (TPSA) is 77.1 Å². The van der Waals surface area contributed by atoms with Crippen LogP contribution in [0.15, 0.2) is 24.3 Å². The molecular formula is C20H25ClN2O5S. The summed E-state index contributed by atoms with van der Waals surface area (Å²) in [5.74, 6) is 0.457. The summed E-state index contributed by atoms with van der Waals surface area (Å²) in [6.07, 6.45) is 0.757. The fourth-order valence-electron chi connectivity index (χ4n) is 3.04. The summed E-state index contributed by atoms with van der Waals surface area (Å²) in [7, 11) is 3.60. The number of thiophene rings is 1. The molecule has 1 aliphatic rings. The highest BCUT2D eigenvalue weighted by Crippen LogP contribution is 2.37. The van der Waals surface area contributed by atoms with E-state index in [1.807, 2.05) is 7.05 Å². The second-order valence-corrected chi connectivity index (χ2v) is 7.54. The highest BCUT2D eigenvalue weighted by atomic mass is 35.5. The normalized spacial score (nSPS) is 13.1. The molecule has 29 heavy (non-hydrogen) atoms. The average molecular weight is 441 g/mol. The molecular weight excluding hydrogens is 416 g/mol. The molecule has 0 unspecified atom stereocenters. The van der Waals surface area contributed by atoms with Gasteiger partial charge in [0.05, 0.1) is 19.3 Å².